The quantitative estimate of drug-likeness (QED) is 0.703. The molecule has 2 fully saturated rings. The van der Waals surface area contributed by atoms with Crippen LogP contribution >= 0.6 is 0 Å². The second-order valence-electron chi connectivity index (χ2n) is 5.84. The number of amides is 2. The van der Waals surface area contributed by atoms with Crippen LogP contribution in [0.4, 0.5) is 0 Å². The second kappa shape index (κ2) is 7.75. The number of carbonyl (C=O) groups excluding carboxylic acids is 2. The number of hydrogen-bond donors (Lipinski definition) is 1. The molecule has 1 spiro atoms. The molecule has 0 aromatic carbocycles. The zero-order valence-corrected chi connectivity index (χ0v) is 12.9. The Morgan fingerprint density at radius 3 is 2.67 bits per heavy atom. The molecule has 2 amide bonds. The fraction of sp³-hybridized carbons (Fsp3) is 0.867. The number of nitrogens with one attached hydrogen (secondary N) is 1. The monoisotopic (exact) mass is 298 g/mol. The van der Waals surface area contributed by atoms with Gasteiger partial charge < -0.3 is 19.7 Å². The first-order chi connectivity index (χ1) is 10.2. The standard InChI is InChI=1S/C15H26N2O4/c1-20-11-12-21-10-4-8-17-9-5-13(18)16-15(14(17)19)6-2-3-7-15/h2-12H2,1H3,(H,16,18). The molecule has 0 aromatic rings. The topological polar surface area (TPSA) is 67.9 Å². The highest BCUT2D eigenvalue weighted by Gasteiger charge is 2.46. The lowest BCUT2D eigenvalue weighted by Crippen LogP contribution is -2.55. The van der Waals surface area contributed by atoms with Gasteiger partial charge in [-0.2, -0.15) is 0 Å². The molecule has 0 radical (unpaired) electrons. The molecule has 0 atom stereocenters. The maximum Gasteiger partial charge on any atom is 0.248 e. The van der Waals surface area contributed by atoms with Crippen molar-refractivity contribution in [2.75, 3.05) is 40.0 Å². The van der Waals surface area contributed by atoms with Gasteiger partial charge in [0.1, 0.15) is 5.54 Å². The summed E-state index contributed by atoms with van der Waals surface area (Å²) in [6.07, 6.45) is 4.77. The molecule has 1 aliphatic carbocycles. The van der Waals surface area contributed by atoms with Crippen molar-refractivity contribution in [3.8, 4) is 0 Å². The average Bonchev–Trinajstić information content (AvgIpc) is 2.90. The summed E-state index contributed by atoms with van der Waals surface area (Å²) in [5.74, 6) is 0.104. The van der Waals surface area contributed by atoms with E-state index in [2.05, 4.69) is 5.32 Å². The van der Waals surface area contributed by atoms with Crippen molar-refractivity contribution in [2.24, 2.45) is 0 Å². The van der Waals surface area contributed by atoms with Gasteiger partial charge >= 0.3 is 0 Å². The molecule has 6 heteroatoms. The summed E-state index contributed by atoms with van der Waals surface area (Å²) in [5, 5.41) is 2.97. The number of ether oxygens (including phenoxy) is 2. The summed E-state index contributed by atoms with van der Waals surface area (Å²) >= 11 is 0. The van der Waals surface area contributed by atoms with Crippen molar-refractivity contribution >= 4 is 11.8 Å². The van der Waals surface area contributed by atoms with E-state index in [0.29, 0.717) is 39.3 Å². The Morgan fingerprint density at radius 1 is 1.19 bits per heavy atom. The Kier molecular flexibility index (Phi) is 5.99. The first-order valence-corrected chi connectivity index (χ1v) is 7.85. The fourth-order valence-electron chi connectivity index (χ4n) is 3.16. The summed E-state index contributed by atoms with van der Waals surface area (Å²) < 4.78 is 10.3. The fourth-order valence-corrected chi connectivity index (χ4v) is 3.16. The smallest absolute Gasteiger partial charge is 0.248 e. The van der Waals surface area contributed by atoms with E-state index in [0.717, 1.165) is 32.1 Å². The highest BCUT2D eigenvalue weighted by atomic mass is 16.5. The molecule has 1 N–H and O–H groups in total. The first-order valence-electron chi connectivity index (χ1n) is 7.85. The third-order valence-electron chi connectivity index (χ3n) is 4.29. The van der Waals surface area contributed by atoms with E-state index >= 15 is 0 Å². The average molecular weight is 298 g/mol. The lowest BCUT2D eigenvalue weighted by Gasteiger charge is -2.31. The molecule has 1 saturated heterocycles. The molecule has 0 aromatic heterocycles. The van der Waals surface area contributed by atoms with Crippen molar-refractivity contribution in [3.05, 3.63) is 0 Å². The third-order valence-corrected chi connectivity index (χ3v) is 4.29. The maximum absolute atomic E-state index is 12.7. The Hall–Kier alpha value is -1.14. The predicted molar refractivity (Wildman–Crippen MR) is 77.9 cm³/mol. The largest absolute Gasteiger partial charge is 0.382 e. The normalized spacial score (nSPS) is 21.7. The van der Waals surface area contributed by atoms with Gasteiger partial charge in [0, 0.05) is 33.2 Å². The van der Waals surface area contributed by atoms with Gasteiger partial charge in [0.2, 0.25) is 11.8 Å². The van der Waals surface area contributed by atoms with Crippen LogP contribution in [0.2, 0.25) is 0 Å². The van der Waals surface area contributed by atoms with E-state index in [-0.39, 0.29) is 11.8 Å². The molecule has 120 valence electrons. The zero-order valence-electron chi connectivity index (χ0n) is 12.9. The van der Waals surface area contributed by atoms with E-state index in [4.69, 9.17) is 9.47 Å². The van der Waals surface area contributed by atoms with E-state index in [1.165, 1.54) is 0 Å². The van der Waals surface area contributed by atoms with Gasteiger partial charge in [0.05, 0.1) is 13.2 Å². The van der Waals surface area contributed by atoms with Crippen LogP contribution in [-0.2, 0) is 19.1 Å². The van der Waals surface area contributed by atoms with Gasteiger partial charge in [-0.05, 0) is 19.3 Å². The number of methoxy groups -OCH3 is 1. The van der Waals surface area contributed by atoms with Gasteiger partial charge in [-0.3, -0.25) is 9.59 Å². The first kappa shape index (κ1) is 16.2. The van der Waals surface area contributed by atoms with E-state index < -0.39 is 5.54 Å². The summed E-state index contributed by atoms with van der Waals surface area (Å²) in [6.45, 7) is 2.95. The Morgan fingerprint density at radius 2 is 1.95 bits per heavy atom. The summed E-state index contributed by atoms with van der Waals surface area (Å²) in [7, 11) is 1.64. The molecule has 1 heterocycles. The van der Waals surface area contributed by atoms with Gasteiger partial charge in [-0.25, -0.2) is 0 Å². The van der Waals surface area contributed by atoms with Gasteiger partial charge in [-0.15, -0.1) is 0 Å². The molecular weight excluding hydrogens is 272 g/mol. The minimum Gasteiger partial charge on any atom is -0.382 e. The minimum atomic E-state index is -0.621. The van der Waals surface area contributed by atoms with Crippen LogP contribution in [0, 0.1) is 0 Å². The molecule has 0 unspecified atom stereocenters. The second-order valence-corrected chi connectivity index (χ2v) is 5.84. The number of rotatable bonds is 7. The maximum atomic E-state index is 12.7. The number of hydrogen-bond acceptors (Lipinski definition) is 4. The van der Waals surface area contributed by atoms with Crippen LogP contribution in [0.1, 0.15) is 38.5 Å². The van der Waals surface area contributed by atoms with Crippen molar-refractivity contribution in [3.63, 3.8) is 0 Å². The zero-order chi connectivity index (χ0) is 15.1. The van der Waals surface area contributed by atoms with Gasteiger partial charge in [0.15, 0.2) is 0 Å². The Labute approximate surface area is 126 Å². The molecule has 2 aliphatic rings. The van der Waals surface area contributed by atoms with Crippen LogP contribution in [0.25, 0.3) is 0 Å². The predicted octanol–water partition coefficient (Wildman–Crippen LogP) is 0.701. The van der Waals surface area contributed by atoms with Crippen LogP contribution in [0.15, 0.2) is 0 Å². The van der Waals surface area contributed by atoms with Crippen molar-refractivity contribution in [1.29, 1.82) is 0 Å². The highest BCUT2D eigenvalue weighted by molar-refractivity contribution is 5.93. The lowest BCUT2D eigenvalue weighted by molar-refractivity contribution is -0.138. The SMILES string of the molecule is COCCOCCCN1CCC(=O)NC2(CCCC2)C1=O. The molecule has 1 saturated carbocycles. The van der Waals surface area contributed by atoms with E-state index in [9.17, 15) is 9.59 Å². The molecule has 21 heavy (non-hydrogen) atoms. The molecule has 6 nitrogen and oxygen atoms in total. The number of carbonyl (C=O) groups is 2. The third kappa shape index (κ3) is 4.17. The van der Waals surface area contributed by atoms with Gasteiger partial charge in [-0.1, -0.05) is 12.8 Å². The molecule has 1 aliphatic heterocycles. The molecule has 2 rings (SSSR count). The Bertz CT molecular complexity index is 367. The lowest BCUT2D eigenvalue weighted by atomic mass is 9.96. The van der Waals surface area contributed by atoms with Crippen LogP contribution in [0.3, 0.4) is 0 Å². The van der Waals surface area contributed by atoms with Gasteiger partial charge in [0.25, 0.3) is 0 Å². The Balaban J connectivity index is 1.83. The number of nitrogens with zero attached hydrogens (tertiary/aromatic N) is 1. The highest BCUT2D eigenvalue weighted by Crippen LogP contribution is 2.32. The molecule has 0 bridgehead atoms. The van der Waals surface area contributed by atoms with Crippen LogP contribution < -0.4 is 5.32 Å². The van der Waals surface area contributed by atoms with Crippen molar-refractivity contribution in [2.45, 2.75) is 44.1 Å². The van der Waals surface area contributed by atoms with Crippen molar-refractivity contribution in [1.82, 2.24) is 10.2 Å². The van der Waals surface area contributed by atoms with Crippen LogP contribution in [0.5, 0.6) is 0 Å². The summed E-state index contributed by atoms with van der Waals surface area (Å²) in [4.78, 5) is 26.4. The summed E-state index contributed by atoms with van der Waals surface area (Å²) in [5.41, 5.74) is -0.621. The van der Waals surface area contributed by atoms with E-state index in [1.54, 1.807) is 7.11 Å². The van der Waals surface area contributed by atoms with Crippen LogP contribution in [-0.4, -0.2) is 62.3 Å². The minimum absolute atomic E-state index is 0.00379. The van der Waals surface area contributed by atoms with Crippen molar-refractivity contribution < 1.29 is 19.1 Å². The summed E-state index contributed by atoms with van der Waals surface area (Å²) in [6, 6.07) is 0. The molecular formula is C15H26N2O4. The van der Waals surface area contributed by atoms with E-state index in [1.807, 2.05) is 4.90 Å².